The number of nitrogens with two attached hydrogens (primary N) is 1. The highest BCUT2D eigenvalue weighted by atomic mass is 35.5. The van der Waals surface area contributed by atoms with Crippen LogP contribution < -0.4 is 11.1 Å². The molecule has 21 heavy (non-hydrogen) atoms. The Kier molecular flexibility index (Phi) is 6.15. The molecule has 0 saturated heterocycles. The molecular formula is C12H16Cl2N4O2S. The van der Waals surface area contributed by atoms with Gasteiger partial charge in [-0.2, -0.15) is 0 Å². The van der Waals surface area contributed by atoms with Crippen LogP contribution >= 0.6 is 36.2 Å². The van der Waals surface area contributed by atoms with Crippen LogP contribution in [0.4, 0.5) is 5.13 Å². The molecule has 116 valence electrons. The minimum Gasteiger partial charge on any atom is -0.438 e. The number of oxazole rings is 1. The maximum Gasteiger partial charge on any atom is 0.295 e. The molecule has 1 aliphatic rings. The van der Waals surface area contributed by atoms with Crippen molar-refractivity contribution in [2.24, 2.45) is 5.73 Å². The molecule has 2 aromatic rings. The summed E-state index contributed by atoms with van der Waals surface area (Å²) in [6.45, 7) is 1.73. The Bertz CT molecular complexity index is 629. The molecule has 6 nitrogen and oxygen atoms in total. The molecule has 2 heterocycles. The highest BCUT2D eigenvalue weighted by molar-refractivity contribution is 7.15. The van der Waals surface area contributed by atoms with Crippen LogP contribution in [0.2, 0.25) is 0 Å². The molecule has 0 aliphatic heterocycles. The van der Waals surface area contributed by atoms with E-state index in [1.807, 2.05) is 0 Å². The van der Waals surface area contributed by atoms with E-state index < -0.39 is 0 Å². The summed E-state index contributed by atoms with van der Waals surface area (Å²) in [5.74, 6) is -0.0877. The van der Waals surface area contributed by atoms with Gasteiger partial charge in [-0.05, 0) is 26.2 Å². The van der Waals surface area contributed by atoms with E-state index in [-0.39, 0.29) is 42.5 Å². The second-order valence-electron chi connectivity index (χ2n) is 4.61. The molecule has 2 aromatic heterocycles. The number of anilines is 1. The van der Waals surface area contributed by atoms with Gasteiger partial charge in [-0.3, -0.25) is 10.1 Å². The fourth-order valence-corrected chi connectivity index (χ4v) is 3.22. The van der Waals surface area contributed by atoms with Gasteiger partial charge in [0.15, 0.2) is 11.5 Å². The maximum absolute atomic E-state index is 12.0. The lowest BCUT2D eigenvalue weighted by molar-refractivity contribution is 0.0996. The summed E-state index contributed by atoms with van der Waals surface area (Å²) in [7, 11) is 0. The number of rotatable bonds is 2. The zero-order chi connectivity index (χ0) is 13.4. The Hall–Kier alpha value is -1.15. The van der Waals surface area contributed by atoms with E-state index in [0.29, 0.717) is 10.8 Å². The first-order chi connectivity index (χ1) is 9.13. The van der Waals surface area contributed by atoms with Gasteiger partial charge in [0.05, 0.1) is 11.4 Å². The lowest BCUT2D eigenvalue weighted by atomic mass is 9.99. The maximum atomic E-state index is 12.0. The first-order valence-corrected chi connectivity index (χ1v) is 6.90. The molecule has 9 heteroatoms. The summed E-state index contributed by atoms with van der Waals surface area (Å²) in [5, 5.41) is 3.35. The number of carbonyl (C=O) groups excluding carboxylic acids is 1. The van der Waals surface area contributed by atoms with E-state index in [1.165, 1.54) is 22.6 Å². The van der Waals surface area contributed by atoms with Crippen molar-refractivity contribution in [3.8, 4) is 0 Å². The predicted molar refractivity (Wildman–Crippen MR) is 85.8 cm³/mol. The molecule has 1 amide bonds. The normalized spacial score (nSPS) is 16.4. The van der Waals surface area contributed by atoms with Gasteiger partial charge in [0.1, 0.15) is 0 Å². The summed E-state index contributed by atoms with van der Waals surface area (Å²) in [5.41, 5.74) is 7.55. The molecule has 0 spiro atoms. The standard InChI is InChI=1S/C12H14N4O2S.2ClH/c1-6-10(18-5-14-6)11(17)16-12-15-8-3-2-7(13)4-9(8)19-12;;/h5,7H,2-4,13H2,1H3,(H,15,16,17);2*1H/t7-;;/m0../s1. The smallest absolute Gasteiger partial charge is 0.295 e. The molecule has 0 saturated carbocycles. The van der Waals surface area contributed by atoms with Gasteiger partial charge in [0.25, 0.3) is 5.91 Å². The Labute approximate surface area is 138 Å². The number of thiazole rings is 1. The number of nitrogens with one attached hydrogen (secondary N) is 1. The van der Waals surface area contributed by atoms with Crippen molar-refractivity contribution in [3.05, 3.63) is 28.4 Å². The van der Waals surface area contributed by atoms with E-state index in [2.05, 4.69) is 15.3 Å². The second kappa shape index (κ2) is 7.22. The average molecular weight is 351 g/mol. The van der Waals surface area contributed by atoms with Crippen molar-refractivity contribution in [1.82, 2.24) is 9.97 Å². The van der Waals surface area contributed by atoms with Gasteiger partial charge in [0, 0.05) is 10.9 Å². The highest BCUT2D eigenvalue weighted by Gasteiger charge is 2.22. The zero-order valence-corrected chi connectivity index (χ0v) is 13.7. The molecule has 3 N–H and O–H groups in total. The van der Waals surface area contributed by atoms with E-state index in [4.69, 9.17) is 10.2 Å². The summed E-state index contributed by atoms with van der Waals surface area (Å²) in [6.07, 6.45) is 3.93. The molecule has 0 radical (unpaired) electrons. The lowest BCUT2D eigenvalue weighted by Crippen LogP contribution is -2.27. The zero-order valence-electron chi connectivity index (χ0n) is 11.3. The van der Waals surface area contributed by atoms with Gasteiger partial charge >= 0.3 is 0 Å². The van der Waals surface area contributed by atoms with E-state index >= 15 is 0 Å². The summed E-state index contributed by atoms with van der Waals surface area (Å²) in [6, 6.07) is 0.202. The first-order valence-electron chi connectivity index (χ1n) is 6.09. The van der Waals surface area contributed by atoms with Crippen LogP contribution in [-0.2, 0) is 12.8 Å². The molecule has 3 rings (SSSR count). The summed E-state index contributed by atoms with van der Waals surface area (Å²) < 4.78 is 5.05. The van der Waals surface area contributed by atoms with Gasteiger partial charge in [-0.25, -0.2) is 9.97 Å². The largest absolute Gasteiger partial charge is 0.438 e. The van der Waals surface area contributed by atoms with Crippen molar-refractivity contribution in [1.29, 1.82) is 0 Å². The van der Waals surface area contributed by atoms with Crippen molar-refractivity contribution in [3.63, 3.8) is 0 Å². The number of nitrogens with zero attached hydrogens (tertiary/aromatic N) is 2. The minimum absolute atomic E-state index is 0. The third-order valence-electron chi connectivity index (χ3n) is 3.15. The number of aromatic nitrogens is 2. The van der Waals surface area contributed by atoms with Crippen molar-refractivity contribution < 1.29 is 9.21 Å². The number of carbonyl (C=O) groups is 1. The first kappa shape index (κ1) is 17.9. The molecular weight excluding hydrogens is 335 g/mol. The monoisotopic (exact) mass is 350 g/mol. The number of fused-ring (bicyclic) bond motifs is 1. The fraction of sp³-hybridized carbons (Fsp3) is 0.417. The second-order valence-corrected chi connectivity index (χ2v) is 5.70. The van der Waals surface area contributed by atoms with Crippen molar-refractivity contribution >= 4 is 47.2 Å². The number of amides is 1. The third-order valence-corrected chi connectivity index (χ3v) is 4.19. The Balaban J connectivity index is 0.00000110. The van der Waals surface area contributed by atoms with E-state index in [1.54, 1.807) is 6.92 Å². The van der Waals surface area contributed by atoms with Crippen LogP contribution in [0.1, 0.15) is 33.2 Å². The van der Waals surface area contributed by atoms with Gasteiger partial charge in [0.2, 0.25) is 5.76 Å². The topological polar surface area (TPSA) is 94.0 Å². The summed E-state index contributed by atoms with van der Waals surface area (Å²) in [4.78, 5) is 21.5. The predicted octanol–water partition coefficient (Wildman–Crippen LogP) is 2.35. The van der Waals surface area contributed by atoms with Crippen LogP contribution in [0.25, 0.3) is 0 Å². The van der Waals surface area contributed by atoms with Crippen LogP contribution in [0.15, 0.2) is 10.8 Å². The lowest BCUT2D eigenvalue weighted by Gasteiger charge is -2.15. The van der Waals surface area contributed by atoms with Crippen LogP contribution in [-0.4, -0.2) is 21.9 Å². The van der Waals surface area contributed by atoms with E-state index in [0.717, 1.165) is 25.0 Å². The number of hydrogen-bond donors (Lipinski definition) is 2. The van der Waals surface area contributed by atoms with Gasteiger partial charge in [-0.1, -0.05) is 0 Å². The Morgan fingerprint density at radius 3 is 2.95 bits per heavy atom. The molecule has 0 bridgehead atoms. The van der Waals surface area contributed by atoms with Crippen molar-refractivity contribution in [2.45, 2.75) is 32.2 Å². The Morgan fingerprint density at radius 2 is 2.29 bits per heavy atom. The van der Waals surface area contributed by atoms with Gasteiger partial charge in [-0.15, -0.1) is 36.2 Å². The fourth-order valence-electron chi connectivity index (χ4n) is 2.13. The van der Waals surface area contributed by atoms with Crippen LogP contribution in [0, 0.1) is 6.92 Å². The van der Waals surface area contributed by atoms with Crippen LogP contribution in [0.3, 0.4) is 0 Å². The molecule has 0 aromatic carbocycles. The van der Waals surface area contributed by atoms with E-state index in [9.17, 15) is 4.79 Å². The quantitative estimate of drug-likeness (QED) is 0.866. The molecule has 0 unspecified atom stereocenters. The minimum atomic E-state index is -0.314. The SMILES string of the molecule is Cc1ncoc1C(=O)Nc1nc2c(s1)C[C@@H](N)CC2.Cl.Cl. The molecule has 1 atom stereocenters. The number of halogens is 2. The third kappa shape index (κ3) is 3.74. The Morgan fingerprint density at radius 1 is 1.52 bits per heavy atom. The average Bonchev–Trinajstić information content (AvgIpc) is 2.94. The number of hydrogen-bond acceptors (Lipinski definition) is 6. The molecule has 1 aliphatic carbocycles. The number of aryl methyl sites for hydroxylation is 2. The van der Waals surface area contributed by atoms with Crippen LogP contribution in [0.5, 0.6) is 0 Å². The molecule has 0 fully saturated rings. The summed E-state index contributed by atoms with van der Waals surface area (Å²) >= 11 is 1.49. The van der Waals surface area contributed by atoms with Gasteiger partial charge < -0.3 is 10.2 Å². The van der Waals surface area contributed by atoms with Crippen molar-refractivity contribution in [2.75, 3.05) is 5.32 Å². The highest BCUT2D eigenvalue weighted by Crippen LogP contribution is 2.29.